The van der Waals surface area contributed by atoms with Crippen LogP contribution in [0, 0.1) is 35.5 Å². The number of nitrogens with one attached hydrogen (secondary N) is 1. The molecule has 0 bridgehead atoms. The highest BCUT2D eigenvalue weighted by Crippen LogP contribution is 2.60. The molecule has 1 saturated carbocycles. The number of hydrogen-bond donors (Lipinski definition) is 1. The van der Waals surface area contributed by atoms with Crippen LogP contribution in [0.2, 0.25) is 0 Å². The molecule has 0 radical (unpaired) electrons. The Morgan fingerprint density at radius 1 is 1.31 bits per heavy atom. The highest BCUT2D eigenvalue weighted by atomic mass is 16.5. The third kappa shape index (κ3) is 7.36. The van der Waals surface area contributed by atoms with Gasteiger partial charge in [0.2, 0.25) is 6.10 Å². The quantitative estimate of drug-likeness (QED) is 0.370. The van der Waals surface area contributed by atoms with Crippen molar-refractivity contribution in [3.8, 4) is 6.07 Å². The Morgan fingerprint density at radius 3 is 2.41 bits per heavy atom. The molecule has 156 valence electrons. The molecule has 4 nitrogen and oxygen atoms in total. The van der Waals surface area contributed by atoms with Crippen LogP contribution in [0.4, 0.5) is 0 Å². The van der Waals surface area contributed by atoms with E-state index in [9.17, 15) is 10.1 Å². The molecule has 1 aliphatic rings. The van der Waals surface area contributed by atoms with Gasteiger partial charge in [-0.1, -0.05) is 67.5 Å². The minimum absolute atomic E-state index is 0.0963. The van der Waals surface area contributed by atoms with E-state index in [0.717, 1.165) is 24.2 Å². The lowest BCUT2D eigenvalue weighted by molar-refractivity contribution is -0.149. The van der Waals surface area contributed by atoms with Gasteiger partial charge in [-0.15, -0.1) is 13.2 Å². The summed E-state index contributed by atoms with van der Waals surface area (Å²) in [6.45, 7) is 19.0. The summed E-state index contributed by atoms with van der Waals surface area (Å²) >= 11 is 0. The number of allylic oxidation sites excluding steroid dienone is 2. The van der Waals surface area contributed by atoms with Gasteiger partial charge in [0.05, 0.1) is 5.92 Å². The number of rotatable bonds is 8. The van der Waals surface area contributed by atoms with E-state index in [1.165, 1.54) is 5.57 Å². The zero-order valence-corrected chi connectivity index (χ0v) is 18.4. The van der Waals surface area contributed by atoms with Crippen molar-refractivity contribution in [2.75, 3.05) is 13.1 Å². The lowest BCUT2D eigenvalue weighted by Crippen LogP contribution is -2.14. The number of ether oxygens (including phenoxy) is 1. The number of carbonyl (C=O) groups is 1. The summed E-state index contributed by atoms with van der Waals surface area (Å²) in [4.78, 5) is 12.4. The van der Waals surface area contributed by atoms with Gasteiger partial charge >= 0.3 is 5.97 Å². The van der Waals surface area contributed by atoms with Gasteiger partial charge in [-0.05, 0) is 32.1 Å². The van der Waals surface area contributed by atoms with E-state index in [0.29, 0.717) is 0 Å². The second-order valence-corrected chi connectivity index (χ2v) is 8.16. The molecule has 1 aromatic rings. The lowest BCUT2D eigenvalue weighted by atomic mass is 10.1. The Labute approximate surface area is 176 Å². The van der Waals surface area contributed by atoms with Crippen molar-refractivity contribution in [3.63, 3.8) is 0 Å². The monoisotopic (exact) mass is 394 g/mol. The van der Waals surface area contributed by atoms with Crippen molar-refractivity contribution >= 4 is 5.97 Å². The van der Waals surface area contributed by atoms with Crippen LogP contribution in [0.1, 0.15) is 44.9 Å². The smallest absolute Gasteiger partial charge is 0.311 e. The Bertz CT molecular complexity index is 774. The summed E-state index contributed by atoms with van der Waals surface area (Å²) in [5.74, 6) is -0.245. The van der Waals surface area contributed by atoms with Crippen molar-refractivity contribution in [1.82, 2.24) is 5.32 Å². The fourth-order valence-corrected chi connectivity index (χ4v) is 3.28. The molecule has 1 aliphatic carbocycles. The summed E-state index contributed by atoms with van der Waals surface area (Å²) in [5, 5.41) is 12.4. The van der Waals surface area contributed by atoms with Crippen molar-refractivity contribution in [2.24, 2.45) is 17.3 Å². The SMILES string of the molecule is C=CCNCC=C.CC(C)=CC1C(C(=O)OC(C#N)c2cccc(C)c2)C1(C)C. The molecule has 0 amide bonds. The average Bonchev–Trinajstić information content (AvgIpc) is 3.19. The molecule has 0 aliphatic heterocycles. The van der Waals surface area contributed by atoms with Crippen LogP contribution < -0.4 is 5.32 Å². The van der Waals surface area contributed by atoms with Crippen molar-refractivity contribution < 1.29 is 9.53 Å². The van der Waals surface area contributed by atoms with Crippen molar-refractivity contribution in [1.29, 1.82) is 5.26 Å². The molecule has 1 aromatic carbocycles. The fourth-order valence-electron chi connectivity index (χ4n) is 3.28. The zero-order valence-electron chi connectivity index (χ0n) is 18.4. The first-order valence-electron chi connectivity index (χ1n) is 9.93. The molecule has 3 unspecified atom stereocenters. The molecule has 29 heavy (non-hydrogen) atoms. The molecule has 4 heteroatoms. The zero-order chi connectivity index (χ0) is 22.0. The van der Waals surface area contributed by atoms with Crippen LogP contribution in [-0.4, -0.2) is 19.1 Å². The number of nitriles is 1. The minimum Gasteiger partial charge on any atom is -0.442 e. The highest BCUT2D eigenvalue weighted by Gasteiger charge is 2.61. The second kappa shape index (κ2) is 11.4. The maximum absolute atomic E-state index is 12.4. The summed E-state index contributed by atoms with van der Waals surface area (Å²) in [6.07, 6.45) is 4.93. The molecule has 2 rings (SSSR count). The first-order chi connectivity index (χ1) is 13.7. The topological polar surface area (TPSA) is 62.1 Å². The molecule has 3 atom stereocenters. The minimum atomic E-state index is -0.837. The van der Waals surface area contributed by atoms with Gasteiger partial charge in [0.25, 0.3) is 0 Å². The van der Waals surface area contributed by atoms with Crippen LogP contribution in [0.3, 0.4) is 0 Å². The average molecular weight is 395 g/mol. The number of hydrogen-bond acceptors (Lipinski definition) is 4. The van der Waals surface area contributed by atoms with Crippen LogP contribution >= 0.6 is 0 Å². The van der Waals surface area contributed by atoms with Gasteiger partial charge in [0, 0.05) is 18.7 Å². The van der Waals surface area contributed by atoms with Crippen LogP contribution in [0.5, 0.6) is 0 Å². The number of aryl methyl sites for hydroxylation is 1. The van der Waals surface area contributed by atoms with Gasteiger partial charge in [0.15, 0.2) is 0 Å². The van der Waals surface area contributed by atoms with Crippen LogP contribution in [0.15, 0.2) is 61.2 Å². The van der Waals surface area contributed by atoms with E-state index in [1.807, 2.05) is 57.2 Å². The third-order valence-electron chi connectivity index (χ3n) is 4.95. The largest absolute Gasteiger partial charge is 0.442 e. The summed E-state index contributed by atoms with van der Waals surface area (Å²) in [5.41, 5.74) is 2.88. The highest BCUT2D eigenvalue weighted by molar-refractivity contribution is 5.78. The lowest BCUT2D eigenvalue weighted by Gasteiger charge is -2.12. The van der Waals surface area contributed by atoms with Gasteiger partial charge in [-0.2, -0.15) is 5.26 Å². The molecule has 1 fully saturated rings. The molecule has 0 heterocycles. The van der Waals surface area contributed by atoms with E-state index in [4.69, 9.17) is 4.74 Å². The van der Waals surface area contributed by atoms with Gasteiger partial charge in [-0.25, -0.2) is 0 Å². The van der Waals surface area contributed by atoms with E-state index < -0.39 is 6.10 Å². The summed E-state index contributed by atoms with van der Waals surface area (Å²) in [7, 11) is 0. The molecular weight excluding hydrogens is 360 g/mol. The molecule has 1 N–H and O–H groups in total. The van der Waals surface area contributed by atoms with E-state index in [2.05, 4.69) is 44.5 Å². The maximum Gasteiger partial charge on any atom is 0.311 e. The van der Waals surface area contributed by atoms with Gasteiger partial charge < -0.3 is 10.1 Å². The van der Waals surface area contributed by atoms with E-state index >= 15 is 0 Å². The molecular formula is C25H34N2O2. The summed E-state index contributed by atoms with van der Waals surface area (Å²) < 4.78 is 5.48. The number of nitrogens with zero attached hydrogens (tertiary/aromatic N) is 1. The molecule has 0 spiro atoms. The van der Waals surface area contributed by atoms with E-state index in [1.54, 1.807) is 0 Å². The van der Waals surface area contributed by atoms with Crippen LogP contribution in [-0.2, 0) is 9.53 Å². The van der Waals surface area contributed by atoms with Crippen molar-refractivity contribution in [2.45, 2.75) is 40.7 Å². The Kier molecular flexibility index (Phi) is 9.58. The third-order valence-corrected chi connectivity index (χ3v) is 4.95. The normalized spacial score (nSPS) is 19.4. The van der Waals surface area contributed by atoms with Gasteiger partial charge in [0.1, 0.15) is 6.07 Å². The molecule has 0 saturated heterocycles. The Morgan fingerprint density at radius 2 is 1.93 bits per heavy atom. The van der Waals surface area contributed by atoms with Crippen LogP contribution in [0.25, 0.3) is 0 Å². The first-order valence-corrected chi connectivity index (χ1v) is 9.93. The van der Waals surface area contributed by atoms with Crippen molar-refractivity contribution in [3.05, 3.63) is 72.4 Å². The molecule has 0 aromatic heterocycles. The first kappa shape index (κ1) is 24.4. The van der Waals surface area contributed by atoms with E-state index in [-0.39, 0.29) is 23.2 Å². The number of esters is 1. The summed E-state index contributed by atoms with van der Waals surface area (Å²) in [6, 6.07) is 9.61. The van der Waals surface area contributed by atoms with Gasteiger partial charge in [-0.3, -0.25) is 4.79 Å². The second-order valence-electron chi connectivity index (χ2n) is 8.16. The Hall–Kier alpha value is -2.64. The number of carbonyl (C=O) groups excluding carboxylic acids is 1. The fraction of sp³-hybridized carbons (Fsp3) is 0.440. The predicted octanol–water partition coefficient (Wildman–Crippen LogP) is 5.29. The maximum atomic E-state index is 12.4. The predicted molar refractivity (Wildman–Crippen MR) is 119 cm³/mol. The Balaban J connectivity index is 0.000000516. The number of benzene rings is 1. The standard InChI is InChI=1S/C19H23NO2.C6H11N/c1-12(2)9-15-17(19(15,4)5)18(21)22-16(11-20)14-8-6-7-13(3)10-14;1-3-5-7-6-4-2/h6-10,15-17H,1-5H3;3-4,7H,1-2,5-6H2.